The van der Waals surface area contributed by atoms with Crippen LogP contribution in [0.3, 0.4) is 0 Å². The summed E-state index contributed by atoms with van der Waals surface area (Å²) >= 11 is 15.0. The summed E-state index contributed by atoms with van der Waals surface area (Å²) < 4.78 is 8.37. The summed E-state index contributed by atoms with van der Waals surface area (Å²) in [6.45, 7) is 4.66. The highest BCUT2D eigenvalue weighted by Crippen LogP contribution is 2.28. The average Bonchev–Trinajstić information content (AvgIpc) is 2.91. The molecule has 0 aliphatic rings. The van der Waals surface area contributed by atoms with Crippen LogP contribution >= 0.6 is 39.7 Å². The first-order valence-corrected chi connectivity index (χ1v) is 10.2. The predicted octanol–water partition coefficient (Wildman–Crippen LogP) is 5.78. The van der Waals surface area contributed by atoms with Gasteiger partial charge in [0, 0.05) is 9.50 Å². The Morgan fingerprint density at radius 2 is 1.89 bits per heavy atom. The molecule has 0 unspecified atom stereocenters. The highest BCUT2D eigenvalue weighted by atomic mass is 79.9. The molecule has 0 fully saturated rings. The zero-order chi connectivity index (χ0) is 20.3. The highest BCUT2D eigenvalue weighted by molar-refractivity contribution is 9.10. The fourth-order valence-corrected chi connectivity index (χ4v) is 3.49. The molecule has 8 heteroatoms. The summed E-state index contributed by atoms with van der Waals surface area (Å²) in [5.74, 6) is 0.660. The van der Waals surface area contributed by atoms with Crippen molar-refractivity contribution in [1.82, 2.24) is 9.78 Å². The molecule has 0 aliphatic carbocycles. The van der Waals surface area contributed by atoms with Gasteiger partial charge in [-0.2, -0.15) is 5.10 Å². The number of anilines is 2. The monoisotopic (exact) mass is 478 g/mol. The molecule has 0 saturated heterocycles. The van der Waals surface area contributed by atoms with Gasteiger partial charge in [-0.25, -0.2) is 0 Å². The van der Waals surface area contributed by atoms with Crippen LogP contribution in [0.2, 0.25) is 5.02 Å². The van der Waals surface area contributed by atoms with E-state index < -0.39 is 0 Å². The fraction of sp³-hybridized carbons (Fsp3) is 0.200. The summed E-state index contributed by atoms with van der Waals surface area (Å²) in [4.78, 5) is 0. The first-order valence-electron chi connectivity index (χ1n) is 8.57. The lowest BCUT2D eigenvalue weighted by molar-refractivity contribution is 0.417. The van der Waals surface area contributed by atoms with Crippen molar-refractivity contribution in [2.75, 3.05) is 17.7 Å². The van der Waals surface area contributed by atoms with Crippen molar-refractivity contribution in [3.05, 3.63) is 68.9 Å². The van der Waals surface area contributed by atoms with Crippen LogP contribution in [-0.2, 0) is 6.54 Å². The first kappa shape index (κ1) is 20.6. The van der Waals surface area contributed by atoms with Crippen molar-refractivity contribution in [3.8, 4) is 5.75 Å². The Morgan fingerprint density at radius 1 is 1.18 bits per heavy atom. The van der Waals surface area contributed by atoms with Crippen molar-refractivity contribution < 1.29 is 4.74 Å². The Kier molecular flexibility index (Phi) is 6.59. The fourth-order valence-electron chi connectivity index (χ4n) is 2.84. The summed E-state index contributed by atoms with van der Waals surface area (Å²) in [6.07, 6.45) is 0. The second-order valence-corrected chi connectivity index (χ2v) is 8.01. The van der Waals surface area contributed by atoms with Gasteiger partial charge in [-0.1, -0.05) is 39.7 Å². The maximum Gasteiger partial charge on any atom is 0.175 e. The molecule has 2 aromatic carbocycles. The molecule has 0 saturated carbocycles. The van der Waals surface area contributed by atoms with Gasteiger partial charge in [-0.05, 0) is 62.0 Å². The molecular formula is C20H20BrClN4OS. The van der Waals surface area contributed by atoms with E-state index in [0.717, 1.165) is 21.5 Å². The van der Waals surface area contributed by atoms with Gasteiger partial charge in [0.25, 0.3) is 0 Å². The van der Waals surface area contributed by atoms with Crippen LogP contribution < -0.4 is 15.4 Å². The molecule has 2 N–H and O–H groups in total. The molecule has 3 rings (SSSR count). The Morgan fingerprint density at radius 3 is 2.57 bits per heavy atom. The van der Waals surface area contributed by atoms with Crippen molar-refractivity contribution in [1.29, 1.82) is 0 Å². The van der Waals surface area contributed by atoms with Crippen LogP contribution in [-0.4, -0.2) is 22.0 Å². The van der Waals surface area contributed by atoms with Gasteiger partial charge in [0.2, 0.25) is 0 Å². The SMILES string of the molecule is COc1ccc(Cl)cc1NC(=S)Nc1c(C)nn(Cc2ccc(Br)cc2)c1C. The van der Waals surface area contributed by atoms with Crippen molar-refractivity contribution in [3.63, 3.8) is 0 Å². The zero-order valence-electron chi connectivity index (χ0n) is 15.7. The number of aromatic nitrogens is 2. The third-order valence-corrected chi connectivity index (χ3v) is 5.24. The largest absolute Gasteiger partial charge is 0.495 e. The average molecular weight is 480 g/mol. The minimum absolute atomic E-state index is 0.440. The van der Waals surface area contributed by atoms with Gasteiger partial charge in [-0.3, -0.25) is 4.68 Å². The number of nitrogens with zero attached hydrogens (tertiary/aromatic N) is 2. The Bertz CT molecular complexity index is 1000. The molecule has 0 bridgehead atoms. The van der Waals surface area contributed by atoms with E-state index in [-0.39, 0.29) is 0 Å². The van der Waals surface area contributed by atoms with Gasteiger partial charge in [0.1, 0.15) is 5.75 Å². The van der Waals surface area contributed by atoms with Crippen LogP contribution in [0.15, 0.2) is 46.9 Å². The minimum atomic E-state index is 0.440. The maximum atomic E-state index is 6.08. The van der Waals surface area contributed by atoms with E-state index >= 15 is 0 Å². The number of benzene rings is 2. The van der Waals surface area contributed by atoms with Gasteiger partial charge >= 0.3 is 0 Å². The molecule has 0 spiro atoms. The van der Waals surface area contributed by atoms with Gasteiger partial charge in [0.05, 0.1) is 36.4 Å². The molecule has 0 amide bonds. The standard InChI is InChI=1S/C20H20BrClN4OS/c1-12-19(13(2)26(25-12)11-14-4-6-15(21)7-5-14)24-20(28)23-17-10-16(22)8-9-18(17)27-3/h4-10H,11H2,1-3H3,(H2,23,24,28). The summed E-state index contributed by atoms with van der Waals surface area (Å²) in [6, 6.07) is 13.5. The van der Waals surface area contributed by atoms with Gasteiger partial charge in [0.15, 0.2) is 5.11 Å². The number of methoxy groups -OCH3 is 1. The van der Waals surface area contributed by atoms with E-state index in [0.29, 0.717) is 28.1 Å². The number of aryl methyl sites for hydroxylation is 1. The molecule has 28 heavy (non-hydrogen) atoms. The van der Waals surface area contributed by atoms with Crippen LogP contribution in [0, 0.1) is 13.8 Å². The zero-order valence-corrected chi connectivity index (χ0v) is 18.9. The highest BCUT2D eigenvalue weighted by Gasteiger charge is 2.14. The topological polar surface area (TPSA) is 51.1 Å². The summed E-state index contributed by atoms with van der Waals surface area (Å²) in [7, 11) is 1.60. The van der Waals surface area contributed by atoms with Crippen molar-refractivity contribution in [2.45, 2.75) is 20.4 Å². The third kappa shape index (κ3) is 4.84. The minimum Gasteiger partial charge on any atom is -0.495 e. The quantitative estimate of drug-likeness (QED) is 0.454. The van der Waals surface area contributed by atoms with Gasteiger partial charge in [-0.15, -0.1) is 0 Å². The lowest BCUT2D eigenvalue weighted by Gasteiger charge is -2.14. The smallest absolute Gasteiger partial charge is 0.175 e. The van der Waals surface area contributed by atoms with E-state index in [1.54, 1.807) is 25.3 Å². The van der Waals surface area contributed by atoms with E-state index in [2.05, 4.69) is 43.8 Å². The second-order valence-electron chi connectivity index (χ2n) is 6.25. The molecule has 146 valence electrons. The molecule has 0 aliphatic heterocycles. The van der Waals surface area contributed by atoms with Crippen LogP contribution in [0.4, 0.5) is 11.4 Å². The second kappa shape index (κ2) is 8.94. The number of hydrogen-bond acceptors (Lipinski definition) is 3. The number of thiocarbonyl (C=S) groups is 1. The van der Waals surface area contributed by atoms with E-state index in [1.807, 2.05) is 30.7 Å². The molecule has 5 nitrogen and oxygen atoms in total. The Hall–Kier alpha value is -2.09. The van der Waals surface area contributed by atoms with Crippen molar-refractivity contribution >= 4 is 56.2 Å². The summed E-state index contributed by atoms with van der Waals surface area (Å²) in [5, 5.41) is 12.1. The molecule has 1 aromatic heterocycles. The molecule has 3 aromatic rings. The lowest BCUT2D eigenvalue weighted by atomic mass is 10.2. The maximum absolute atomic E-state index is 6.08. The van der Waals surface area contributed by atoms with Crippen LogP contribution in [0.25, 0.3) is 0 Å². The predicted molar refractivity (Wildman–Crippen MR) is 123 cm³/mol. The van der Waals surface area contributed by atoms with Crippen molar-refractivity contribution in [2.24, 2.45) is 0 Å². The number of rotatable bonds is 5. The van der Waals surface area contributed by atoms with Gasteiger partial charge < -0.3 is 15.4 Å². The normalized spacial score (nSPS) is 10.6. The van der Waals surface area contributed by atoms with E-state index in [1.165, 1.54) is 5.56 Å². The number of ether oxygens (including phenoxy) is 1. The van der Waals surface area contributed by atoms with Crippen LogP contribution in [0.5, 0.6) is 5.75 Å². The molecule has 0 radical (unpaired) electrons. The Labute approximate surface area is 183 Å². The van der Waals surface area contributed by atoms with E-state index in [4.69, 9.17) is 28.6 Å². The van der Waals surface area contributed by atoms with Crippen LogP contribution in [0.1, 0.15) is 17.0 Å². The third-order valence-electron chi connectivity index (χ3n) is 4.28. The molecule has 0 atom stereocenters. The number of hydrogen-bond donors (Lipinski definition) is 2. The summed E-state index contributed by atoms with van der Waals surface area (Å²) in [5.41, 5.74) is 4.63. The number of nitrogens with one attached hydrogen (secondary N) is 2. The Balaban J connectivity index is 1.75. The lowest BCUT2D eigenvalue weighted by Crippen LogP contribution is -2.20. The number of halogens is 2. The first-order chi connectivity index (χ1) is 13.4. The van der Waals surface area contributed by atoms with E-state index in [9.17, 15) is 0 Å². The molecular weight excluding hydrogens is 460 g/mol. The molecule has 1 heterocycles.